The molecule has 0 radical (unpaired) electrons. The second-order valence-electron chi connectivity index (χ2n) is 4.09. The van der Waals surface area contributed by atoms with Crippen molar-refractivity contribution >= 4 is 11.4 Å². The van der Waals surface area contributed by atoms with Crippen LogP contribution < -0.4 is 5.73 Å². The van der Waals surface area contributed by atoms with Gasteiger partial charge in [0.15, 0.2) is 17.3 Å². The normalized spacial score (nSPS) is 15.6. The van der Waals surface area contributed by atoms with Gasteiger partial charge in [0.2, 0.25) is 0 Å². The lowest BCUT2D eigenvalue weighted by Gasteiger charge is -1.97. The Morgan fingerprint density at radius 1 is 1.50 bits per heavy atom. The maximum Gasteiger partial charge on any atom is 0.177 e. The van der Waals surface area contributed by atoms with Crippen LogP contribution in [0.1, 0.15) is 34.9 Å². The molecule has 2 aromatic rings. The maximum atomic E-state index is 11.4. The first-order valence-corrected chi connectivity index (χ1v) is 5.37. The molecule has 5 heteroatoms. The van der Waals surface area contributed by atoms with Crippen LogP contribution in [-0.4, -0.2) is 26.9 Å². The van der Waals surface area contributed by atoms with Crippen molar-refractivity contribution in [2.24, 2.45) is 5.73 Å². The molecule has 0 amide bonds. The Labute approximate surface area is 92.3 Å². The van der Waals surface area contributed by atoms with E-state index < -0.39 is 0 Å². The molecule has 2 aromatic heterocycles. The summed E-state index contributed by atoms with van der Waals surface area (Å²) in [6.45, 7) is 0.0235. The Morgan fingerprint density at radius 2 is 2.31 bits per heavy atom. The number of aromatic nitrogens is 3. The van der Waals surface area contributed by atoms with Crippen molar-refractivity contribution in [3.05, 3.63) is 29.7 Å². The molecule has 0 unspecified atom stereocenters. The Bertz CT molecular complexity index is 556. The molecule has 0 atom stereocenters. The molecule has 2 N–H and O–H groups in total. The van der Waals surface area contributed by atoms with Gasteiger partial charge < -0.3 is 5.73 Å². The van der Waals surface area contributed by atoms with E-state index in [9.17, 15) is 4.79 Å². The van der Waals surface area contributed by atoms with Crippen molar-refractivity contribution in [1.29, 1.82) is 0 Å². The van der Waals surface area contributed by atoms with Crippen molar-refractivity contribution in [2.75, 3.05) is 6.54 Å². The van der Waals surface area contributed by atoms with E-state index in [4.69, 9.17) is 5.73 Å². The predicted octanol–water partition coefficient (Wildman–Crippen LogP) is 0.748. The van der Waals surface area contributed by atoms with E-state index in [0.717, 1.165) is 11.5 Å². The summed E-state index contributed by atoms with van der Waals surface area (Å²) >= 11 is 0. The van der Waals surface area contributed by atoms with Gasteiger partial charge in [-0.3, -0.25) is 4.79 Å². The highest BCUT2D eigenvalue weighted by Gasteiger charge is 2.27. The summed E-state index contributed by atoms with van der Waals surface area (Å²) in [4.78, 5) is 15.8. The van der Waals surface area contributed by atoms with E-state index in [0.29, 0.717) is 11.5 Å². The molecule has 82 valence electrons. The Kier molecular flexibility index (Phi) is 2.00. The molecule has 2 heterocycles. The van der Waals surface area contributed by atoms with Crippen LogP contribution in [0.25, 0.3) is 5.65 Å². The lowest BCUT2D eigenvalue weighted by Crippen LogP contribution is -2.14. The third kappa shape index (κ3) is 1.49. The fourth-order valence-electron chi connectivity index (χ4n) is 1.70. The summed E-state index contributed by atoms with van der Waals surface area (Å²) in [6, 6.07) is 3.55. The van der Waals surface area contributed by atoms with Gasteiger partial charge in [-0.15, -0.1) is 0 Å². The third-order valence-corrected chi connectivity index (χ3v) is 2.80. The van der Waals surface area contributed by atoms with E-state index in [-0.39, 0.29) is 12.3 Å². The molecule has 0 aromatic carbocycles. The number of fused-ring (bicyclic) bond motifs is 1. The van der Waals surface area contributed by atoms with E-state index in [1.54, 1.807) is 16.8 Å². The number of pyridine rings is 1. The molecular formula is C11H12N4O. The molecule has 1 saturated carbocycles. The lowest BCUT2D eigenvalue weighted by molar-refractivity contribution is 0.100. The number of carbonyl (C=O) groups excluding carboxylic acids is 1. The molecule has 1 fully saturated rings. The highest BCUT2D eigenvalue weighted by Crippen LogP contribution is 2.38. The molecule has 1 aliphatic carbocycles. The Hall–Kier alpha value is -1.75. The molecule has 0 saturated heterocycles. The standard InChI is InChI=1S/C11H12N4O/c12-5-9(16)8-3-4-10-13-11(7-1-2-7)14-15(10)6-8/h3-4,6-7H,1-2,5,12H2. The first kappa shape index (κ1) is 9.47. The molecule has 0 bridgehead atoms. The van der Waals surface area contributed by atoms with Crippen molar-refractivity contribution in [3.63, 3.8) is 0 Å². The van der Waals surface area contributed by atoms with Gasteiger partial charge >= 0.3 is 0 Å². The molecule has 3 rings (SSSR count). The van der Waals surface area contributed by atoms with Crippen LogP contribution in [0, 0.1) is 0 Å². The van der Waals surface area contributed by atoms with E-state index in [1.807, 2.05) is 6.07 Å². The molecular weight excluding hydrogens is 204 g/mol. The van der Waals surface area contributed by atoms with Crippen molar-refractivity contribution in [1.82, 2.24) is 14.6 Å². The van der Waals surface area contributed by atoms with Crippen LogP contribution in [0.3, 0.4) is 0 Å². The minimum Gasteiger partial charge on any atom is -0.324 e. The maximum absolute atomic E-state index is 11.4. The predicted molar refractivity (Wildman–Crippen MR) is 58.3 cm³/mol. The number of hydrogen-bond acceptors (Lipinski definition) is 4. The minimum atomic E-state index is -0.0784. The van der Waals surface area contributed by atoms with Crippen LogP contribution in [0.4, 0.5) is 0 Å². The second kappa shape index (κ2) is 3.38. The number of carbonyl (C=O) groups is 1. The molecule has 16 heavy (non-hydrogen) atoms. The van der Waals surface area contributed by atoms with Crippen LogP contribution in [0.15, 0.2) is 18.3 Å². The van der Waals surface area contributed by atoms with Gasteiger partial charge in [-0.1, -0.05) is 0 Å². The second-order valence-corrected chi connectivity index (χ2v) is 4.09. The van der Waals surface area contributed by atoms with Gasteiger partial charge in [0.1, 0.15) is 0 Å². The summed E-state index contributed by atoms with van der Waals surface area (Å²) in [5, 5.41) is 4.36. The average Bonchev–Trinajstić information content (AvgIpc) is 3.07. The van der Waals surface area contributed by atoms with E-state index in [2.05, 4.69) is 10.1 Å². The van der Waals surface area contributed by atoms with Gasteiger partial charge in [-0.2, -0.15) is 5.10 Å². The fourth-order valence-corrected chi connectivity index (χ4v) is 1.70. The quantitative estimate of drug-likeness (QED) is 0.768. The van der Waals surface area contributed by atoms with Crippen molar-refractivity contribution in [2.45, 2.75) is 18.8 Å². The lowest BCUT2D eigenvalue weighted by atomic mass is 10.2. The third-order valence-electron chi connectivity index (χ3n) is 2.80. The first-order chi connectivity index (χ1) is 7.78. The van der Waals surface area contributed by atoms with Gasteiger partial charge in [0.05, 0.1) is 6.54 Å². The van der Waals surface area contributed by atoms with Crippen LogP contribution in [0.2, 0.25) is 0 Å². The molecule has 5 nitrogen and oxygen atoms in total. The first-order valence-electron chi connectivity index (χ1n) is 5.37. The monoisotopic (exact) mass is 216 g/mol. The summed E-state index contributed by atoms with van der Waals surface area (Å²) < 4.78 is 1.66. The number of nitrogens with zero attached hydrogens (tertiary/aromatic N) is 3. The van der Waals surface area contributed by atoms with E-state index >= 15 is 0 Å². The zero-order valence-corrected chi connectivity index (χ0v) is 8.76. The number of Topliss-reactive ketones (excluding diaryl/α,β-unsaturated/α-hetero) is 1. The van der Waals surface area contributed by atoms with E-state index in [1.165, 1.54) is 12.8 Å². The number of ketones is 1. The van der Waals surface area contributed by atoms with Crippen molar-refractivity contribution < 1.29 is 4.79 Å². The number of nitrogens with two attached hydrogens (primary N) is 1. The average molecular weight is 216 g/mol. The van der Waals surface area contributed by atoms with Gasteiger partial charge in [-0.25, -0.2) is 9.50 Å². The summed E-state index contributed by atoms with van der Waals surface area (Å²) in [7, 11) is 0. The number of rotatable bonds is 3. The summed E-state index contributed by atoms with van der Waals surface area (Å²) in [5.41, 5.74) is 6.69. The highest BCUT2D eigenvalue weighted by atomic mass is 16.1. The molecule has 1 aliphatic rings. The number of hydrogen-bond donors (Lipinski definition) is 1. The van der Waals surface area contributed by atoms with Crippen molar-refractivity contribution in [3.8, 4) is 0 Å². The van der Waals surface area contributed by atoms with Crippen LogP contribution >= 0.6 is 0 Å². The molecule has 0 aliphatic heterocycles. The van der Waals surface area contributed by atoms with Gasteiger partial charge in [0, 0.05) is 17.7 Å². The van der Waals surface area contributed by atoms with Gasteiger partial charge in [0.25, 0.3) is 0 Å². The van der Waals surface area contributed by atoms with Crippen LogP contribution in [-0.2, 0) is 0 Å². The minimum absolute atomic E-state index is 0.0235. The SMILES string of the molecule is NCC(=O)c1ccc2nc(C3CC3)nn2c1. The van der Waals surface area contributed by atoms with Gasteiger partial charge in [-0.05, 0) is 25.0 Å². The smallest absolute Gasteiger partial charge is 0.177 e. The highest BCUT2D eigenvalue weighted by molar-refractivity contribution is 5.97. The zero-order valence-electron chi connectivity index (χ0n) is 8.76. The molecule has 0 spiro atoms. The Morgan fingerprint density at radius 3 is 3.00 bits per heavy atom. The fraction of sp³-hybridized carbons (Fsp3) is 0.364. The zero-order chi connectivity index (χ0) is 11.1. The van der Waals surface area contributed by atoms with Crippen LogP contribution in [0.5, 0.6) is 0 Å². The Balaban J connectivity index is 2.06. The summed E-state index contributed by atoms with van der Waals surface area (Å²) in [6.07, 6.45) is 4.04. The topological polar surface area (TPSA) is 73.3 Å². The largest absolute Gasteiger partial charge is 0.324 e. The summed E-state index contributed by atoms with van der Waals surface area (Å²) in [5.74, 6) is 1.33.